The van der Waals surface area contributed by atoms with Gasteiger partial charge in [-0.15, -0.1) is 0 Å². The van der Waals surface area contributed by atoms with Crippen LogP contribution < -0.4 is 10.1 Å². The number of rotatable bonds is 8. The highest BCUT2D eigenvalue weighted by Gasteiger charge is 2.28. The summed E-state index contributed by atoms with van der Waals surface area (Å²) in [5.41, 5.74) is 2.43. The highest BCUT2D eigenvalue weighted by atomic mass is 19.4. The molecule has 0 aliphatic heterocycles. The Morgan fingerprint density at radius 2 is 2.06 bits per heavy atom. The number of halogens is 3. The van der Waals surface area contributed by atoms with Gasteiger partial charge in [-0.1, -0.05) is 19.1 Å². The van der Waals surface area contributed by atoms with Gasteiger partial charge in [-0.3, -0.25) is 14.5 Å². The monoisotopic (exact) mass is 443 g/mol. The first-order valence-corrected chi connectivity index (χ1v) is 9.75. The van der Waals surface area contributed by atoms with Crippen molar-refractivity contribution in [3.63, 3.8) is 0 Å². The van der Waals surface area contributed by atoms with E-state index in [1.54, 1.807) is 48.1 Å². The van der Waals surface area contributed by atoms with E-state index in [4.69, 9.17) is 10.00 Å². The highest BCUT2D eigenvalue weighted by molar-refractivity contribution is 5.91. The Hall–Kier alpha value is -3.87. The third kappa shape index (κ3) is 6.57. The lowest BCUT2D eigenvalue weighted by Gasteiger charge is -2.13. The SMILES string of the molecule is CCc1cc(CC(=O)Nc2ccn(Cc3ccc(C#N)cn3)n2)ccc1OCC(F)(F)F. The van der Waals surface area contributed by atoms with Gasteiger partial charge in [-0.05, 0) is 35.7 Å². The van der Waals surface area contributed by atoms with Crippen LogP contribution in [0.5, 0.6) is 5.75 Å². The number of hydrogen-bond acceptors (Lipinski definition) is 5. The summed E-state index contributed by atoms with van der Waals surface area (Å²) in [7, 11) is 0. The Bertz CT molecular complexity index is 1120. The highest BCUT2D eigenvalue weighted by Crippen LogP contribution is 2.24. The van der Waals surface area contributed by atoms with E-state index in [9.17, 15) is 18.0 Å². The van der Waals surface area contributed by atoms with Crippen molar-refractivity contribution in [2.45, 2.75) is 32.5 Å². The number of ether oxygens (including phenoxy) is 1. The minimum Gasteiger partial charge on any atom is -0.484 e. The van der Waals surface area contributed by atoms with Crippen molar-refractivity contribution in [3.8, 4) is 11.8 Å². The van der Waals surface area contributed by atoms with E-state index >= 15 is 0 Å². The first-order valence-electron chi connectivity index (χ1n) is 9.75. The van der Waals surface area contributed by atoms with Gasteiger partial charge in [0.05, 0.1) is 24.2 Å². The molecule has 1 aromatic carbocycles. The molecule has 0 bridgehead atoms. The van der Waals surface area contributed by atoms with Gasteiger partial charge in [0.2, 0.25) is 5.91 Å². The zero-order valence-corrected chi connectivity index (χ0v) is 17.2. The summed E-state index contributed by atoms with van der Waals surface area (Å²) < 4.78 is 43.6. The molecular weight excluding hydrogens is 423 g/mol. The summed E-state index contributed by atoms with van der Waals surface area (Å²) >= 11 is 0. The fourth-order valence-corrected chi connectivity index (χ4v) is 2.96. The number of carbonyl (C=O) groups excluding carboxylic acids is 1. The van der Waals surface area contributed by atoms with Crippen LogP contribution in [0.25, 0.3) is 0 Å². The number of nitrogens with one attached hydrogen (secondary N) is 1. The molecule has 1 amide bonds. The molecular formula is C22H20F3N5O2. The number of hydrogen-bond donors (Lipinski definition) is 1. The number of aryl methyl sites for hydroxylation is 1. The Labute approximate surface area is 182 Å². The average Bonchev–Trinajstić information content (AvgIpc) is 3.19. The number of aromatic nitrogens is 3. The zero-order valence-electron chi connectivity index (χ0n) is 17.2. The maximum absolute atomic E-state index is 12.4. The predicted octanol–water partition coefficient (Wildman–Crippen LogP) is 3.88. The number of nitrogens with zero attached hydrogens (tertiary/aromatic N) is 4. The molecule has 10 heteroatoms. The molecule has 3 rings (SSSR count). The Kier molecular flexibility index (Phi) is 7.10. The van der Waals surface area contributed by atoms with E-state index in [1.807, 2.05) is 6.07 Å². The largest absolute Gasteiger partial charge is 0.484 e. The van der Waals surface area contributed by atoms with Crippen LogP contribution in [-0.4, -0.2) is 33.5 Å². The Balaban J connectivity index is 1.58. The van der Waals surface area contributed by atoms with E-state index in [0.717, 1.165) is 0 Å². The predicted molar refractivity (Wildman–Crippen MR) is 110 cm³/mol. The summed E-state index contributed by atoms with van der Waals surface area (Å²) in [5, 5.41) is 15.8. The van der Waals surface area contributed by atoms with Crippen LogP contribution in [0.1, 0.15) is 29.3 Å². The lowest BCUT2D eigenvalue weighted by Crippen LogP contribution is -2.20. The van der Waals surface area contributed by atoms with Gasteiger partial charge >= 0.3 is 6.18 Å². The third-order valence-corrected chi connectivity index (χ3v) is 4.45. The molecule has 0 unspecified atom stereocenters. The van der Waals surface area contributed by atoms with Gasteiger partial charge in [0, 0.05) is 18.5 Å². The van der Waals surface area contributed by atoms with Crippen molar-refractivity contribution < 1.29 is 22.7 Å². The van der Waals surface area contributed by atoms with Crippen LogP contribution in [-0.2, 0) is 24.2 Å². The number of anilines is 1. The van der Waals surface area contributed by atoms with E-state index in [-0.39, 0.29) is 18.1 Å². The van der Waals surface area contributed by atoms with Crippen molar-refractivity contribution in [1.82, 2.24) is 14.8 Å². The van der Waals surface area contributed by atoms with E-state index < -0.39 is 12.8 Å². The van der Waals surface area contributed by atoms with Crippen molar-refractivity contribution in [2.24, 2.45) is 0 Å². The zero-order chi connectivity index (χ0) is 23.1. The number of alkyl halides is 3. The first kappa shape index (κ1) is 22.8. The number of nitriles is 1. The van der Waals surface area contributed by atoms with Gasteiger partial charge in [-0.25, -0.2) is 0 Å². The molecule has 0 spiro atoms. The molecule has 0 aliphatic carbocycles. The molecule has 0 saturated carbocycles. The Morgan fingerprint density at radius 1 is 1.25 bits per heavy atom. The van der Waals surface area contributed by atoms with Crippen LogP contribution in [0.3, 0.4) is 0 Å². The van der Waals surface area contributed by atoms with Crippen LogP contribution in [0.15, 0.2) is 48.8 Å². The average molecular weight is 443 g/mol. The second kappa shape index (κ2) is 9.96. The summed E-state index contributed by atoms with van der Waals surface area (Å²) in [6.45, 7) is 0.816. The van der Waals surface area contributed by atoms with E-state index in [1.165, 1.54) is 12.3 Å². The molecule has 1 N–H and O–H groups in total. The molecule has 0 atom stereocenters. The minimum atomic E-state index is -4.41. The van der Waals surface area contributed by atoms with Gasteiger partial charge in [0.25, 0.3) is 0 Å². The van der Waals surface area contributed by atoms with Gasteiger partial charge < -0.3 is 10.1 Å². The smallest absolute Gasteiger partial charge is 0.422 e. The van der Waals surface area contributed by atoms with Crippen molar-refractivity contribution in [1.29, 1.82) is 5.26 Å². The van der Waals surface area contributed by atoms with Crippen molar-refractivity contribution in [3.05, 3.63) is 71.2 Å². The molecule has 0 saturated heterocycles. The molecule has 0 fully saturated rings. The quantitative estimate of drug-likeness (QED) is 0.570. The van der Waals surface area contributed by atoms with Gasteiger partial charge in [0.15, 0.2) is 12.4 Å². The second-order valence-corrected chi connectivity index (χ2v) is 6.97. The van der Waals surface area contributed by atoms with E-state index in [0.29, 0.717) is 41.2 Å². The van der Waals surface area contributed by atoms with Gasteiger partial charge in [0.1, 0.15) is 11.8 Å². The Morgan fingerprint density at radius 3 is 2.72 bits per heavy atom. The fraction of sp³-hybridized carbons (Fsp3) is 0.273. The summed E-state index contributed by atoms with van der Waals surface area (Å²) in [6, 6.07) is 11.7. The molecule has 0 radical (unpaired) electrons. The maximum Gasteiger partial charge on any atom is 0.422 e. The summed E-state index contributed by atoms with van der Waals surface area (Å²) in [5.74, 6) is 0.214. The van der Waals surface area contributed by atoms with Gasteiger partial charge in [-0.2, -0.15) is 23.5 Å². The van der Waals surface area contributed by atoms with Crippen molar-refractivity contribution in [2.75, 3.05) is 11.9 Å². The number of carbonyl (C=O) groups is 1. The third-order valence-electron chi connectivity index (χ3n) is 4.45. The number of pyridine rings is 1. The second-order valence-electron chi connectivity index (χ2n) is 6.97. The molecule has 0 aliphatic rings. The number of benzene rings is 1. The van der Waals surface area contributed by atoms with Crippen LogP contribution in [0, 0.1) is 11.3 Å². The lowest BCUT2D eigenvalue weighted by atomic mass is 10.0. The molecule has 2 heterocycles. The molecule has 3 aromatic rings. The minimum absolute atomic E-state index is 0.0383. The number of amides is 1. The lowest BCUT2D eigenvalue weighted by molar-refractivity contribution is -0.153. The van der Waals surface area contributed by atoms with E-state index in [2.05, 4.69) is 15.4 Å². The maximum atomic E-state index is 12.4. The molecule has 2 aromatic heterocycles. The summed E-state index contributed by atoms with van der Waals surface area (Å²) in [6.07, 6.45) is -0.737. The first-order chi connectivity index (χ1) is 15.3. The fourth-order valence-electron chi connectivity index (χ4n) is 2.96. The van der Waals surface area contributed by atoms with Crippen molar-refractivity contribution >= 4 is 11.7 Å². The summed E-state index contributed by atoms with van der Waals surface area (Å²) in [4.78, 5) is 16.6. The molecule has 7 nitrogen and oxygen atoms in total. The normalized spacial score (nSPS) is 11.1. The van der Waals surface area contributed by atoms with Crippen LogP contribution in [0.4, 0.5) is 19.0 Å². The standard InChI is InChI=1S/C22H20F3N5O2/c1-2-17-9-15(4-6-19(17)32-14-22(23,24)25)10-21(31)28-20-7-8-30(29-20)13-18-5-3-16(11-26)12-27-18/h3-9,12H,2,10,13-14H2,1H3,(H,28,29,31). The van der Waals surface area contributed by atoms with Crippen LogP contribution >= 0.6 is 0 Å². The molecule has 32 heavy (non-hydrogen) atoms. The molecule has 166 valence electrons. The topological polar surface area (TPSA) is 92.8 Å². The van der Waals surface area contributed by atoms with Crippen LogP contribution in [0.2, 0.25) is 0 Å².